The Hall–Kier alpha value is -0.0800. The van der Waals surface area contributed by atoms with E-state index in [9.17, 15) is 0 Å². The van der Waals surface area contributed by atoms with Crippen molar-refractivity contribution in [2.75, 3.05) is 20.3 Å². The maximum Gasteiger partial charge on any atom is 0.0622 e. The Balaban J connectivity index is 3.52. The molecule has 0 fully saturated rings. The molecule has 74 valence electrons. The number of rotatable bonds is 7. The second kappa shape index (κ2) is 7.56. The lowest BCUT2D eigenvalue weighted by Crippen LogP contribution is -2.36. The molecule has 0 aliphatic carbocycles. The van der Waals surface area contributed by atoms with Crippen LogP contribution in [0.5, 0.6) is 0 Å². The number of likely N-dealkylation sites (N-methyl/N-ethyl adjacent to an activating group) is 1. The Bertz CT molecular complexity index is 95.8. The van der Waals surface area contributed by atoms with Crippen LogP contribution in [0.3, 0.4) is 0 Å². The van der Waals surface area contributed by atoms with Crippen molar-refractivity contribution >= 4 is 0 Å². The summed E-state index contributed by atoms with van der Waals surface area (Å²) in [6.45, 7) is 8.34. The average Bonchev–Trinajstić information content (AvgIpc) is 2.11. The molecule has 0 saturated heterocycles. The van der Waals surface area contributed by atoms with Gasteiger partial charge in [0.15, 0.2) is 0 Å². The maximum absolute atomic E-state index is 5.50. The molecule has 0 aliphatic heterocycles. The van der Waals surface area contributed by atoms with E-state index in [4.69, 9.17) is 4.74 Å². The lowest BCUT2D eigenvalue weighted by Gasteiger charge is -2.22. The van der Waals surface area contributed by atoms with Crippen molar-refractivity contribution in [3.63, 3.8) is 0 Å². The zero-order chi connectivity index (χ0) is 9.40. The van der Waals surface area contributed by atoms with Gasteiger partial charge in [-0.25, -0.2) is 0 Å². The van der Waals surface area contributed by atoms with Gasteiger partial charge in [0.25, 0.3) is 0 Å². The second-order valence-corrected chi connectivity index (χ2v) is 3.36. The Kier molecular flexibility index (Phi) is 7.51. The van der Waals surface area contributed by atoms with Gasteiger partial charge < -0.3 is 10.1 Å². The fourth-order valence-electron chi connectivity index (χ4n) is 1.17. The van der Waals surface area contributed by atoms with Crippen LogP contribution < -0.4 is 5.32 Å². The quantitative estimate of drug-likeness (QED) is 0.595. The lowest BCUT2D eigenvalue weighted by atomic mass is 10.0. The normalized spacial score (nSPS) is 16.0. The van der Waals surface area contributed by atoms with Crippen LogP contribution in [0.15, 0.2) is 0 Å². The molecule has 0 saturated carbocycles. The van der Waals surface area contributed by atoms with Gasteiger partial charge in [0.2, 0.25) is 0 Å². The van der Waals surface area contributed by atoms with Gasteiger partial charge in [-0.2, -0.15) is 0 Å². The molecular formula is C10H23NO. The number of ether oxygens (including phenoxy) is 1. The lowest BCUT2D eigenvalue weighted by molar-refractivity contribution is 0.0978. The van der Waals surface area contributed by atoms with Crippen LogP contribution in [-0.2, 0) is 4.74 Å². The molecule has 0 spiro atoms. The molecule has 2 nitrogen and oxygen atoms in total. The van der Waals surface area contributed by atoms with Crippen molar-refractivity contribution in [1.82, 2.24) is 5.32 Å². The third-order valence-electron chi connectivity index (χ3n) is 2.35. The number of hydrogen-bond donors (Lipinski definition) is 1. The zero-order valence-corrected chi connectivity index (χ0v) is 8.89. The maximum atomic E-state index is 5.50. The Morgan fingerprint density at radius 2 is 2.00 bits per heavy atom. The summed E-state index contributed by atoms with van der Waals surface area (Å²) in [6, 6.07) is 0.515. The van der Waals surface area contributed by atoms with E-state index in [1.807, 2.05) is 7.05 Å². The molecule has 12 heavy (non-hydrogen) atoms. The first-order valence-corrected chi connectivity index (χ1v) is 5.01. The smallest absolute Gasteiger partial charge is 0.0622 e. The molecule has 0 aromatic carbocycles. The first-order chi connectivity index (χ1) is 5.76. The van der Waals surface area contributed by atoms with Gasteiger partial charge in [-0.3, -0.25) is 0 Å². The topological polar surface area (TPSA) is 21.3 Å². The van der Waals surface area contributed by atoms with Crippen molar-refractivity contribution in [2.45, 2.75) is 39.7 Å². The first-order valence-electron chi connectivity index (χ1n) is 5.01. The molecule has 2 atom stereocenters. The van der Waals surface area contributed by atoms with Crippen LogP contribution in [0.4, 0.5) is 0 Å². The third-order valence-corrected chi connectivity index (χ3v) is 2.35. The van der Waals surface area contributed by atoms with Gasteiger partial charge in [0.1, 0.15) is 0 Å². The molecule has 0 radical (unpaired) electrons. The molecule has 2 unspecified atom stereocenters. The van der Waals surface area contributed by atoms with Crippen molar-refractivity contribution in [2.24, 2.45) is 5.92 Å². The van der Waals surface area contributed by atoms with E-state index in [0.29, 0.717) is 12.0 Å². The summed E-state index contributed by atoms with van der Waals surface area (Å²) in [5.41, 5.74) is 0. The summed E-state index contributed by atoms with van der Waals surface area (Å²) in [6.07, 6.45) is 2.32. The molecule has 0 heterocycles. The minimum atomic E-state index is 0.515. The van der Waals surface area contributed by atoms with Gasteiger partial charge in [0, 0.05) is 12.6 Å². The standard InChI is InChI=1S/C10H23NO/c1-5-7-12-8-10(11-4)9(3)6-2/h9-11H,5-8H2,1-4H3. The zero-order valence-electron chi connectivity index (χ0n) is 8.89. The van der Waals surface area contributed by atoms with Gasteiger partial charge in [0.05, 0.1) is 6.61 Å². The third kappa shape index (κ3) is 4.73. The van der Waals surface area contributed by atoms with Gasteiger partial charge >= 0.3 is 0 Å². The van der Waals surface area contributed by atoms with Crippen LogP contribution in [0.1, 0.15) is 33.6 Å². The second-order valence-electron chi connectivity index (χ2n) is 3.36. The van der Waals surface area contributed by atoms with Crippen molar-refractivity contribution in [3.05, 3.63) is 0 Å². The highest BCUT2D eigenvalue weighted by atomic mass is 16.5. The van der Waals surface area contributed by atoms with Crippen LogP contribution in [0, 0.1) is 5.92 Å². The van der Waals surface area contributed by atoms with E-state index < -0.39 is 0 Å². The Labute approximate surface area is 76.7 Å². The fourth-order valence-corrected chi connectivity index (χ4v) is 1.17. The summed E-state index contributed by atoms with van der Waals surface area (Å²) in [7, 11) is 2.01. The van der Waals surface area contributed by atoms with Crippen molar-refractivity contribution in [1.29, 1.82) is 0 Å². The summed E-state index contributed by atoms with van der Waals surface area (Å²) in [4.78, 5) is 0. The predicted molar refractivity (Wildman–Crippen MR) is 53.4 cm³/mol. The predicted octanol–water partition coefficient (Wildman–Crippen LogP) is 2.05. The molecule has 0 bridgehead atoms. The van der Waals surface area contributed by atoms with Gasteiger partial charge in [-0.05, 0) is 19.4 Å². The highest BCUT2D eigenvalue weighted by Gasteiger charge is 2.12. The van der Waals surface area contributed by atoms with Crippen molar-refractivity contribution in [3.8, 4) is 0 Å². The number of hydrogen-bond acceptors (Lipinski definition) is 2. The highest BCUT2D eigenvalue weighted by molar-refractivity contribution is 4.69. The SMILES string of the molecule is CCCOCC(NC)C(C)CC. The fraction of sp³-hybridized carbons (Fsp3) is 1.00. The summed E-state index contributed by atoms with van der Waals surface area (Å²) in [5.74, 6) is 0.701. The molecular weight excluding hydrogens is 150 g/mol. The Morgan fingerprint density at radius 3 is 2.42 bits per heavy atom. The molecule has 0 aliphatic rings. The van der Waals surface area contributed by atoms with Crippen LogP contribution in [-0.4, -0.2) is 26.3 Å². The largest absolute Gasteiger partial charge is 0.380 e. The van der Waals surface area contributed by atoms with Crippen LogP contribution in [0.2, 0.25) is 0 Å². The van der Waals surface area contributed by atoms with E-state index in [0.717, 1.165) is 19.6 Å². The molecule has 0 amide bonds. The summed E-state index contributed by atoms with van der Waals surface area (Å²) < 4.78 is 5.50. The average molecular weight is 173 g/mol. The monoisotopic (exact) mass is 173 g/mol. The highest BCUT2D eigenvalue weighted by Crippen LogP contribution is 2.07. The van der Waals surface area contributed by atoms with E-state index in [1.54, 1.807) is 0 Å². The van der Waals surface area contributed by atoms with E-state index in [-0.39, 0.29) is 0 Å². The van der Waals surface area contributed by atoms with Gasteiger partial charge in [-0.1, -0.05) is 27.2 Å². The van der Waals surface area contributed by atoms with Gasteiger partial charge in [-0.15, -0.1) is 0 Å². The molecule has 0 aromatic heterocycles. The number of nitrogens with one attached hydrogen (secondary N) is 1. The van der Waals surface area contributed by atoms with E-state index in [1.165, 1.54) is 6.42 Å². The molecule has 1 N–H and O–H groups in total. The van der Waals surface area contributed by atoms with Crippen LogP contribution in [0.25, 0.3) is 0 Å². The first kappa shape index (κ1) is 11.9. The van der Waals surface area contributed by atoms with E-state index in [2.05, 4.69) is 26.1 Å². The molecule has 2 heteroatoms. The minimum absolute atomic E-state index is 0.515. The Morgan fingerprint density at radius 1 is 1.33 bits per heavy atom. The summed E-state index contributed by atoms with van der Waals surface area (Å²) in [5, 5.41) is 3.29. The molecule has 0 rings (SSSR count). The molecule has 0 aromatic rings. The van der Waals surface area contributed by atoms with Crippen LogP contribution >= 0.6 is 0 Å². The van der Waals surface area contributed by atoms with Crippen molar-refractivity contribution < 1.29 is 4.74 Å². The summed E-state index contributed by atoms with van der Waals surface area (Å²) >= 11 is 0. The van der Waals surface area contributed by atoms with E-state index >= 15 is 0 Å². The minimum Gasteiger partial charge on any atom is -0.380 e.